The van der Waals surface area contributed by atoms with Gasteiger partial charge in [-0.25, -0.2) is 0 Å². The number of aryl methyl sites for hydroxylation is 1. The summed E-state index contributed by atoms with van der Waals surface area (Å²) in [5.41, 5.74) is 1.43. The maximum Gasteiger partial charge on any atom is 0.0302 e. The Kier molecular flexibility index (Phi) is 10.1. The highest BCUT2D eigenvalue weighted by Crippen LogP contribution is 2.14. The van der Waals surface area contributed by atoms with E-state index in [2.05, 4.69) is 30.6 Å². The van der Waals surface area contributed by atoms with Gasteiger partial charge >= 0.3 is 0 Å². The molecule has 0 atom stereocenters. The number of thiophene rings is 1. The predicted octanol–water partition coefficient (Wildman–Crippen LogP) is 4.54. The Morgan fingerprint density at radius 1 is 1.19 bits per heavy atom. The molecule has 0 saturated carbocycles. The largest absolute Gasteiger partial charge is 0.312 e. The topological polar surface area (TPSA) is 12.0 Å². The van der Waals surface area contributed by atoms with Crippen LogP contribution in [-0.4, -0.2) is 6.54 Å². The van der Waals surface area contributed by atoms with Crippen LogP contribution >= 0.6 is 23.7 Å². The molecular weight excluding hydrogens is 238 g/mol. The lowest BCUT2D eigenvalue weighted by atomic mass is 10.1. The molecular formula is C13H24ClNS. The van der Waals surface area contributed by atoms with E-state index in [4.69, 9.17) is 0 Å². The molecule has 3 heteroatoms. The smallest absolute Gasteiger partial charge is 0.0302 e. The van der Waals surface area contributed by atoms with Crippen LogP contribution in [0.15, 0.2) is 11.4 Å². The first kappa shape index (κ1) is 16.0. The van der Waals surface area contributed by atoms with Gasteiger partial charge < -0.3 is 5.32 Å². The minimum absolute atomic E-state index is 0. The molecule has 1 aromatic rings. The number of rotatable bonds is 8. The van der Waals surface area contributed by atoms with Crippen LogP contribution < -0.4 is 5.32 Å². The van der Waals surface area contributed by atoms with Crippen LogP contribution in [0, 0.1) is 6.92 Å². The maximum atomic E-state index is 3.52. The SMILES string of the molecule is CCCCCCCNCc1sccc1C.Cl. The molecule has 1 rings (SSSR count). The van der Waals surface area contributed by atoms with Gasteiger partial charge in [-0.2, -0.15) is 0 Å². The Hall–Kier alpha value is -0.0500. The molecule has 0 aliphatic rings. The first-order chi connectivity index (χ1) is 7.34. The number of unbranched alkanes of at least 4 members (excludes halogenated alkanes) is 4. The van der Waals surface area contributed by atoms with Crippen LogP contribution in [0.4, 0.5) is 0 Å². The van der Waals surface area contributed by atoms with E-state index >= 15 is 0 Å². The van der Waals surface area contributed by atoms with E-state index in [1.807, 2.05) is 11.3 Å². The summed E-state index contributed by atoms with van der Waals surface area (Å²) in [5.74, 6) is 0. The number of hydrogen-bond donors (Lipinski definition) is 1. The molecule has 0 aliphatic heterocycles. The van der Waals surface area contributed by atoms with Crippen molar-refractivity contribution >= 4 is 23.7 Å². The molecule has 1 N–H and O–H groups in total. The number of nitrogens with one attached hydrogen (secondary N) is 1. The van der Waals surface area contributed by atoms with Crippen molar-refractivity contribution in [3.63, 3.8) is 0 Å². The van der Waals surface area contributed by atoms with Gasteiger partial charge in [0.25, 0.3) is 0 Å². The summed E-state index contributed by atoms with van der Waals surface area (Å²) in [6.45, 7) is 6.67. The molecule has 0 amide bonds. The van der Waals surface area contributed by atoms with E-state index in [1.54, 1.807) is 0 Å². The van der Waals surface area contributed by atoms with Crippen LogP contribution in [0.1, 0.15) is 49.5 Å². The molecule has 0 aliphatic carbocycles. The zero-order valence-electron chi connectivity index (χ0n) is 10.4. The molecule has 0 unspecified atom stereocenters. The highest BCUT2D eigenvalue weighted by Gasteiger charge is 1.97. The Bertz CT molecular complexity index is 260. The lowest BCUT2D eigenvalue weighted by Gasteiger charge is -2.03. The summed E-state index contributed by atoms with van der Waals surface area (Å²) >= 11 is 1.86. The standard InChI is InChI=1S/C13H23NS.ClH/c1-3-4-5-6-7-9-14-11-13-12(2)8-10-15-13;/h8,10,14H,3-7,9,11H2,1-2H3;1H. The summed E-state index contributed by atoms with van der Waals surface area (Å²) in [7, 11) is 0. The summed E-state index contributed by atoms with van der Waals surface area (Å²) in [4.78, 5) is 1.49. The van der Waals surface area contributed by atoms with Crippen LogP contribution in [0.2, 0.25) is 0 Å². The van der Waals surface area contributed by atoms with Gasteiger partial charge in [0, 0.05) is 11.4 Å². The fourth-order valence-corrected chi connectivity index (χ4v) is 2.52. The quantitative estimate of drug-likeness (QED) is 0.678. The second-order valence-corrected chi connectivity index (χ2v) is 5.12. The van der Waals surface area contributed by atoms with E-state index < -0.39 is 0 Å². The van der Waals surface area contributed by atoms with Gasteiger partial charge in [0.15, 0.2) is 0 Å². The van der Waals surface area contributed by atoms with Gasteiger partial charge in [-0.1, -0.05) is 32.6 Å². The zero-order chi connectivity index (χ0) is 10.9. The molecule has 94 valence electrons. The molecule has 0 saturated heterocycles. The summed E-state index contributed by atoms with van der Waals surface area (Å²) < 4.78 is 0. The fraction of sp³-hybridized carbons (Fsp3) is 0.692. The van der Waals surface area contributed by atoms with Crippen LogP contribution in [0.25, 0.3) is 0 Å². The van der Waals surface area contributed by atoms with E-state index in [1.165, 1.54) is 49.1 Å². The summed E-state index contributed by atoms with van der Waals surface area (Å²) in [6.07, 6.45) is 6.83. The van der Waals surface area contributed by atoms with Gasteiger partial charge in [0.2, 0.25) is 0 Å². The minimum atomic E-state index is 0. The average Bonchev–Trinajstić information content (AvgIpc) is 2.63. The zero-order valence-corrected chi connectivity index (χ0v) is 12.1. The molecule has 0 radical (unpaired) electrons. The van der Waals surface area contributed by atoms with Crippen molar-refractivity contribution in [2.24, 2.45) is 0 Å². The highest BCUT2D eigenvalue weighted by molar-refractivity contribution is 7.10. The molecule has 0 aromatic carbocycles. The minimum Gasteiger partial charge on any atom is -0.312 e. The second-order valence-electron chi connectivity index (χ2n) is 4.12. The predicted molar refractivity (Wildman–Crippen MR) is 76.8 cm³/mol. The maximum absolute atomic E-state index is 3.52. The van der Waals surface area contributed by atoms with Gasteiger partial charge in [0.05, 0.1) is 0 Å². The van der Waals surface area contributed by atoms with Crippen molar-refractivity contribution in [1.82, 2.24) is 5.32 Å². The van der Waals surface area contributed by atoms with Crippen molar-refractivity contribution in [1.29, 1.82) is 0 Å². The van der Waals surface area contributed by atoms with Crippen molar-refractivity contribution in [3.05, 3.63) is 21.9 Å². The third-order valence-corrected chi connectivity index (χ3v) is 3.73. The van der Waals surface area contributed by atoms with Crippen molar-refractivity contribution in [3.8, 4) is 0 Å². The fourth-order valence-electron chi connectivity index (χ4n) is 1.64. The monoisotopic (exact) mass is 261 g/mol. The van der Waals surface area contributed by atoms with Gasteiger partial charge in [-0.3, -0.25) is 0 Å². The molecule has 1 aromatic heterocycles. The van der Waals surface area contributed by atoms with E-state index in [-0.39, 0.29) is 12.4 Å². The Balaban J connectivity index is 0.00000225. The van der Waals surface area contributed by atoms with Crippen LogP contribution in [0.3, 0.4) is 0 Å². The number of hydrogen-bond acceptors (Lipinski definition) is 2. The summed E-state index contributed by atoms with van der Waals surface area (Å²) in [5, 5.41) is 5.69. The van der Waals surface area contributed by atoms with Crippen molar-refractivity contribution in [2.45, 2.75) is 52.5 Å². The Morgan fingerprint density at radius 3 is 2.56 bits per heavy atom. The first-order valence-electron chi connectivity index (χ1n) is 6.08. The first-order valence-corrected chi connectivity index (χ1v) is 6.96. The van der Waals surface area contributed by atoms with Crippen molar-refractivity contribution in [2.75, 3.05) is 6.54 Å². The normalized spacial score (nSPS) is 10.1. The number of halogens is 1. The Labute approximate surface area is 110 Å². The lowest BCUT2D eigenvalue weighted by Crippen LogP contribution is -2.14. The molecule has 0 bridgehead atoms. The molecule has 0 spiro atoms. The van der Waals surface area contributed by atoms with Gasteiger partial charge in [-0.15, -0.1) is 23.7 Å². The van der Waals surface area contributed by atoms with Crippen LogP contribution in [-0.2, 0) is 6.54 Å². The van der Waals surface area contributed by atoms with Gasteiger partial charge in [-0.05, 0) is 36.9 Å². The molecule has 1 nitrogen and oxygen atoms in total. The molecule has 16 heavy (non-hydrogen) atoms. The van der Waals surface area contributed by atoms with E-state index in [9.17, 15) is 0 Å². The third kappa shape index (κ3) is 6.51. The van der Waals surface area contributed by atoms with E-state index in [0.29, 0.717) is 0 Å². The Morgan fingerprint density at radius 2 is 1.94 bits per heavy atom. The van der Waals surface area contributed by atoms with Crippen LogP contribution in [0.5, 0.6) is 0 Å². The lowest BCUT2D eigenvalue weighted by molar-refractivity contribution is 0.585. The second kappa shape index (κ2) is 10.1. The molecule has 1 heterocycles. The van der Waals surface area contributed by atoms with E-state index in [0.717, 1.165) is 6.54 Å². The third-order valence-electron chi connectivity index (χ3n) is 2.71. The molecule has 0 fully saturated rings. The highest BCUT2D eigenvalue weighted by atomic mass is 35.5. The average molecular weight is 262 g/mol. The van der Waals surface area contributed by atoms with Gasteiger partial charge in [0.1, 0.15) is 0 Å². The summed E-state index contributed by atoms with van der Waals surface area (Å²) in [6, 6.07) is 2.20. The van der Waals surface area contributed by atoms with Crippen molar-refractivity contribution < 1.29 is 0 Å².